The molecule has 1 aromatic rings. The van der Waals surface area contributed by atoms with Gasteiger partial charge in [-0.3, -0.25) is 29.4 Å². The van der Waals surface area contributed by atoms with Crippen molar-refractivity contribution in [3.8, 4) is 0 Å². The Balaban J connectivity index is 1.45. The highest BCUT2D eigenvalue weighted by Gasteiger charge is 2.44. The minimum Gasteiger partial charge on any atom is -0.330 e. The molecule has 4 rings (SSSR count). The molecule has 1 saturated heterocycles. The molecule has 1 atom stereocenters. The summed E-state index contributed by atoms with van der Waals surface area (Å²) >= 11 is 0. The van der Waals surface area contributed by atoms with Crippen LogP contribution in [0, 0.1) is 5.41 Å². The van der Waals surface area contributed by atoms with E-state index in [1.165, 1.54) is 12.8 Å². The number of nitrogens with two attached hydrogens (primary N) is 1. The van der Waals surface area contributed by atoms with E-state index in [0.29, 0.717) is 24.2 Å². The van der Waals surface area contributed by atoms with Gasteiger partial charge in [0.05, 0.1) is 11.1 Å². The fourth-order valence-corrected chi connectivity index (χ4v) is 4.68. The molecule has 2 aliphatic heterocycles. The molecule has 1 unspecified atom stereocenters. The first-order chi connectivity index (χ1) is 13.9. The lowest BCUT2D eigenvalue weighted by Crippen LogP contribution is -2.54. The lowest BCUT2D eigenvalue weighted by Gasteiger charge is -2.27. The van der Waals surface area contributed by atoms with Crippen LogP contribution in [0.2, 0.25) is 0 Å². The third kappa shape index (κ3) is 3.58. The minimum atomic E-state index is -0.937. The second-order valence-electron chi connectivity index (χ2n) is 8.34. The second kappa shape index (κ2) is 7.68. The number of rotatable bonds is 6. The van der Waals surface area contributed by atoms with Crippen molar-refractivity contribution >= 4 is 23.6 Å². The van der Waals surface area contributed by atoms with Gasteiger partial charge in [-0.1, -0.05) is 18.9 Å². The Labute approximate surface area is 169 Å². The van der Waals surface area contributed by atoms with E-state index in [-0.39, 0.29) is 24.2 Å². The third-order valence-corrected chi connectivity index (χ3v) is 6.43. The van der Waals surface area contributed by atoms with Crippen LogP contribution in [0.25, 0.3) is 0 Å². The highest BCUT2D eigenvalue weighted by Crippen LogP contribution is 2.36. The van der Waals surface area contributed by atoms with Gasteiger partial charge in [0.15, 0.2) is 0 Å². The third-order valence-electron chi connectivity index (χ3n) is 6.43. The topological polar surface area (TPSA) is 122 Å². The summed E-state index contributed by atoms with van der Waals surface area (Å²) in [6.45, 7) is 2.07. The van der Waals surface area contributed by atoms with Crippen LogP contribution in [0.5, 0.6) is 0 Å². The van der Waals surface area contributed by atoms with Gasteiger partial charge in [0.25, 0.3) is 11.8 Å². The fourth-order valence-electron chi connectivity index (χ4n) is 4.68. The van der Waals surface area contributed by atoms with Gasteiger partial charge in [-0.15, -0.1) is 0 Å². The summed E-state index contributed by atoms with van der Waals surface area (Å²) in [4.78, 5) is 50.1. The van der Waals surface area contributed by atoms with Crippen LogP contribution < -0.4 is 16.4 Å². The molecule has 2 heterocycles. The zero-order valence-electron chi connectivity index (χ0n) is 16.3. The summed E-state index contributed by atoms with van der Waals surface area (Å²) in [7, 11) is 0. The van der Waals surface area contributed by atoms with E-state index in [4.69, 9.17) is 5.73 Å². The number of hydrogen-bond acceptors (Lipinski definition) is 6. The van der Waals surface area contributed by atoms with Gasteiger partial charge in [-0.25, -0.2) is 0 Å². The predicted octanol–water partition coefficient (Wildman–Crippen LogP) is 0.696. The number of benzene rings is 1. The average molecular weight is 398 g/mol. The van der Waals surface area contributed by atoms with E-state index in [1.54, 1.807) is 12.1 Å². The quantitative estimate of drug-likeness (QED) is 0.607. The van der Waals surface area contributed by atoms with Crippen LogP contribution in [0.4, 0.5) is 0 Å². The molecule has 0 spiro atoms. The van der Waals surface area contributed by atoms with Gasteiger partial charge in [-0.05, 0) is 48.9 Å². The summed E-state index contributed by atoms with van der Waals surface area (Å²) in [5.41, 5.74) is 7.66. The molecule has 3 aliphatic rings. The molecule has 1 aromatic carbocycles. The predicted molar refractivity (Wildman–Crippen MR) is 105 cm³/mol. The Morgan fingerprint density at radius 3 is 2.52 bits per heavy atom. The van der Waals surface area contributed by atoms with Crippen LogP contribution >= 0.6 is 0 Å². The molecule has 1 aliphatic carbocycles. The molecule has 0 bridgehead atoms. The first-order valence-corrected chi connectivity index (χ1v) is 10.2. The lowest BCUT2D eigenvalue weighted by atomic mass is 9.86. The maximum atomic E-state index is 12.9. The first-order valence-electron chi connectivity index (χ1n) is 10.2. The normalized spacial score (nSPS) is 23.5. The van der Waals surface area contributed by atoms with E-state index in [0.717, 1.165) is 29.8 Å². The number of nitrogens with one attached hydrogen (secondary N) is 2. The molecule has 8 nitrogen and oxygen atoms in total. The molecule has 2 fully saturated rings. The summed E-state index contributed by atoms with van der Waals surface area (Å²) < 4.78 is 0. The Morgan fingerprint density at radius 1 is 1.10 bits per heavy atom. The lowest BCUT2D eigenvalue weighted by molar-refractivity contribution is -0.136. The molecule has 0 aromatic heterocycles. The minimum absolute atomic E-state index is 0.113. The Morgan fingerprint density at radius 2 is 1.83 bits per heavy atom. The molecule has 4 amide bonds. The Hall–Kier alpha value is -2.58. The van der Waals surface area contributed by atoms with Gasteiger partial charge in [0, 0.05) is 19.5 Å². The average Bonchev–Trinajstić information content (AvgIpc) is 3.27. The number of carbonyl (C=O) groups excluding carboxylic acids is 4. The van der Waals surface area contributed by atoms with E-state index >= 15 is 0 Å². The van der Waals surface area contributed by atoms with Crippen molar-refractivity contribution in [2.24, 2.45) is 11.1 Å². The van der Waals surface area contributed by atoms with Crippen LogP contribution in [0.15, 0.2) is 18.2 Å². The van der Waals surface area contributed by atoms with Crippen LogP contribution in [0.3, 0.4) is 0 Å². The molecule has 29 heavy (non-hydrogen) atoms. The number of piperidine rings is 1. The number of hydrogen-bond donors (Lipinski definition) is 3. The maximum Gasteiger partial charge on any atom is 0.262 e. The van der Waals surface area contributed by atoms with Crippen molar-refractivity contribution in [1.82, 2.24) is 15.5 Å². The fraction of sp³-hybridized carbons (Fsp3) is 0.524. The molecule has 8 heteroatoms. The molecule has 154 valence electrons. The van der Waals surface area contributed by atoms with Gasteiger partial charge in [0.2, 0.25) is 11.8 Å². The molecule has 0 radical (unpaired) electrons. The molecular weight excluding hydrogens is 372 g/mol. The summed E-state index contributed by atoms with van der Waals surface area (Å²) in [5, 5.41) is 5.65. The largest absolute Gasteiger partial charge is 0.330 e. The summed E-state index contributed by atoms with van der Waals surface area (Å²) in [6, 6.07) is 4.26. The standard InChI is InChI=1S/C21H26N4O4/c22-11-21(7-1-2-8-21)12-23-10-13-3-4-14-15(9-13)20(29)25(19(14)28)16-5-6-17(26)24-18(16)27/h3-4,9,16,23H,1-2,5-8,10-12,22H2,(H,24,26,27). The molecule has 1 saturated carbocycles. The number of carbonyl (C=O) groups is 4. The highest BCUT2D eigenvalue weighted by molar-refractivity contribution is 6.23. The number of fused-ring (bicyclic) bond motifs is 1. The highest BCUT2D eigenvalue weighted by atomic mass is 16.2. The van der Waals surface area contributed by atoms with Gasteiger partial charge < -0.3 is 11.1 Å². The van der Waals surface area contributed by atoms with E-state index < -0.39 is 23.8 Å². The zero-order chi connectivity index (χ0) is 20.6. The number of imide groups is 2. The molecule has 4 N–H and O–H groups in total. The smallest absolute Gasteiger partial charge is 0.262 e. The first kappa shape index (κ1) is 19.7. The number of amides is 4. The van der Waals surface area contributed by atoms with E-state index in [1.807, 2.05) is 6.07 Å². The van der Waals surface area contributed by atoms with Crippen molar-refractivity contribution in [3.05, 3.63) is 34.9 Å². The van der Waals surface area contributed by atoms with E-state index in [2.05, 4.69) is 10.6 Å². The van der Waals surface area contributed by atoms with Gasteiger partial charge in [0.1, 0.15) is 6.04 Å². The van der Waals surface area contributed by atoms with Crippen LogP contribution in [-0.2, 0) is 16.1 Å². The van der Waals surface area contributed by atoms with Crippen molar-refractivity contribution in [1.29, 1.82) is 0 Å². The van der Waals surface area contributed by atoms with Crippen molar-refractivity contribution < 1.29 is 19.2 Å². The van der Waals surface area contributed by atoms with Crippen molar-refractivity contribution in [2.45, 2.75) is 51.1 Å². The SMILES string of the molecule is NCC1(CNCc2ccc3c(c2)C(=O)N(C2CCC(=O)NC2=O)C3=O)CCCC1. The molecular formula is C21H26N4O4. The zero-order valence-corrected chi connectivity index (χ0v) is 16.3. The maximum absolute atomic E-state index is 12.9. The Kier molecular flexibility index (Phi) is 5.23. The monoisotopic (exact) mass is 398 g/mol. The second-order valence-corrected chi connectivity index (χ2v) is 8.34. The number of nitrogens with zero attached hydrogens (tertiary/aromatic N) is 1. The van der Waals surface area contributed by atoms with E-state index in [9.17, 15) is 19.2 Å². The van der Waals surface area contributed by atoms with Gasteiger partial charge >= 0.3 is 0 Å². The summed E-state index contributed by atoms with van der Waals surface area (Å²) in [6.07, 6.45) is 4.96. The Bertz CT molecular complexity index is 875. The summed E-state index contributed by atoms with van der Waals surface area (Å²) in [5.74, 6) is -1.93. The van der Waals surface area contributed by atoms with Crippen molar-refractivity contribution in [3.63, 3.8) is 0 Å². The van der Waals surface area contributed by atoms with Crippen molar-refractivity contribution in [2.75, 3.05) is 13.1 Å². The van der Waals surface area contributed by atoms with Crippen LogP contribution in [0.1, 0.15) is 64.8 Å². The van der Waals surface area contributed by atoms with Crippen LogP contribution in [-0.4, -0.2) is 47.7 Å². The van der Waals surface area contributed by atoms with Gasteiger partial charge in [-0.2, -0.15) is 0 Å².